The van der Waals surface area contributed by atoms with Crippen LogP contribution >= 0.6 is 0 Å². The van der Waals surface area contributed by atoms with Gasteiger partial charge >= 0.3 is 0 Å². The molecule has 1 heterocycles. The Morgan fingerprint density at radius 3 is 2.63 bits per heavy atom. The van der Waals surface area contributed by atoms with Crippen molar-refractivity contribution in [3.63, 3.8) is 0 Å². The minimum absolute atomic E-state index is 0.115. The highest BCUT2D eigenvalue weighted by Crippen LogP contribution is 2.54. The van der Waals surface area contributed by atoms with Crippen LogP contribution in [0.4, 0.5) is 5.95 Å². The van der Waals surface area contributed by atoms with E-state index < -0.39 is 0 Å². The lowest BCUT2D eigenvalue weighted by Crippen LogP contribution is -2.21. The number of aromatic nitrogens is 2. The van der Waals surface area contributed by atoms with Crippen LogP contribution in [0.3, 0.4) is 0 Å². The van der Waals surface area contributed by atoms with Crippen LogP contribution in [0.2, 0.25) is 0 Å². The first-order valence-electron chi connectivity index (χ1n) is 8.96. The lowest BCUT2D eigenvalue weighted by atomic mass is 9.99. The summed E-state index contributed by atoms with van der Waals surface area (Å²) in [7, 11) is 1.63. The quantitative estimate of drug-likeness (QED) is 0.777. The third-order valence-corrected chi connectivity index (χ3v) is 5.24. The number of nitrogen functional groups attached to an aromatic ring is 1. The number of rotatable bonds is 4. The van der Waals surface area contributed by atoms with Crippen LogP contribution in [0, 0.1) is 11.3 Å². The zero-order chi connectivity index (χ0) is 19.0. The standard InChI is InChI=1S/C22H20N4O/c1-26-21(27)13-20(25-22(26)24)19-12-18(19)16-7-5-15(6-8-16)17-4-2-3-14(11-17)9-10-23/h2-8,11,13,18-19H,9,12H2,1H3,(H2,24,25). The first-order chi connectivity index (χ1) is 13.1. The number of hydrogen-bond acceptors (Lipinski definition) is 4. The number of anilines is 1. The van der Waals surface area contributed by atoms with E-state index in [1.54, 1.807) is 13.1 Å². The maximum Gasteiger partial charge on any atom is 0.254 e. The summed E-state index contributed by atoms with van der Waals surface area (Å²) in [6, 6.07) is 20.4. The van der Waals surface area contributed by atoms with Gasteiger partial charge in [0.25, 0.3) is 5.56 Å². The molecule has 1 aromatic heterocycles. The van der Waals surface area contributed by atoms with Gasteiger partial charge in [-0.2, -0.15) is 5.26 Å². The Morgan fingerprint density at radius 2 is 1.93 bits per heavy atom. The zero-order valence-electron chi connectivity index (χ0n) is 15.1. The molecule has 0 spiro atoms. The molecule has 0 amide bonds. The fourth-order valence-electron chi connectivity index (χ4n) is 3.53. The molecular weight excluding hydrogens is 336 g/mol. The largest absolute Gasteiger partial charge is 0.369 e. The maximum atomic E-state index is 11.9. The Kier molecular flexibility index (Phi) is 4.25. The van der Waals surface area contributed by atoms with Crippen molar-refractivity contribution in [3.05, 3.63) is 81.8 Å². The summed E-state index contributed by atoms with van der Waals surface area (Å²) in [6.07, 6.45) is 1.40. The Bertz CT molecular complexity index is 1090. The molecule has 5 heteroatoms. The van der Waals surface area contributed by atoms with Crippen molar-refractivity contribution >= 4 is 5.95 Å². The summed E-state index contributed by atoms with van der Waals surface area (Å²) in [6.45, 7) is 0. The SMILES string of the molecule is Cn1c(N)nc(C2CC2c2ccc(-c3cccc(CC#N)c3)cc2)cc1=O. The van der Waals surface area contributed by atoms with E-state index in [1.807, 2.05) is 12.1 Å². The van der Waals surface area contributed by atoms with Gasteiger partial charge in [0.05, 0.1) is 18.2 Å². The van der Waals surface area contributed by atoms with Crippen LogP contribution < -0.4 is 11.3 Å². The average molecular weight is 356 g/mol. The minimum atomic E-state index is -0.115. The van der Waals surface area contributed by atoms with Crippen LogP contribution in [0.25, 0.3) is 11.1 Å². The maximum absolute atomic E-state index is 11.9. The fourth-order valence-corrected chi connectivity index (χ4v) is 3.53. The van der Waals surface area contributed by atoms with E-state index in [4.69, 9.17) is 11.0 Å². The normalized spacial score (nSPS) is 18.1. The molecule has 0 radical (unpaired) electrons. The van der Waals surface area contributed by atoms with Gasteiger partial charge in [-0.05, 0) is 34.6 Å². The highest BCUT2D eigenvalue weighted by Gasteiger charge is 2.41. The van der Waals surface area contributed by atoms with Crippen molar-refractivity contribution in [2.45, 2.75) is 24.7 Å². The Morgan fingerprint density at radius 1 is 1.15 bits per heavy atom. The number of nitrogens with two attached hydrogens (primary N) is 1. The molecule has 2 N–H and O–H groups in total. The molecule has 4 rings (SSSR count). The van der Waals surface area contributed by atoms with Gasteiger partial charge < -0.3 is 5.73 Å². The van der Waals surface area contributed by atoms with Gasteiger partial charge in [-0.25, -0.2) is 4.98 Å². The van der Waals surface area contributed by atoms with Crippen molar-refractivity contribution in [2.24, 2.45) is 7.05 Å². The molecular formula is C22H20N4O. The van der Waals surface area contributed by atoms with Crippen molar-refractivity contribution in [1.82, 2.24) is 9.55 Å². The monoisotopic (exact) mass is 356 g/mol. The predicted octanol–water partition coefficient (Wildman–Crippen LogP) is 3.37. The van der Waals surface area contributed by atoms with Gasteiger partial charge in [-0.1, -0.05) is 48.5 Å². The van der Waals surface area contributed by atoms with E-state index in [2.05, 4.69) is 47.5 Å². The second-order valence-electron chi connectivity index (χ2n) is 7.04. The van der Waals surface area contributed by atoms with Gasteiger partial charge in [0, 0.05) is 19.0 Å². The molecule has 1 aliphatic carbocycles. The molecule has 1 aliphatic rings. The van der Waals surface area contributed by atoms with Crippen LogP contribution in [0.15, 0.2) is 59.4 Å². The summed E-state index contributed by atoms with van der Waals surface area (Å²) in [5.41, 5.74) is 11.0. The predicted molar refractivity (Wildman–Crippen MR) is 105 cm³/mol. The van der Waals surface area contributed by atoms with Gasteiger partial charge in [0.15, 0.2) is 0 Å². The number of benzene rings is 2. The first kappa shape index (κ1) is 17.0. The Hall–Kier alpha value is -3.39. The molecule has 0 bridgehead atoms. The Balaban J connectivity index is 1.53. The molecule has 2 unspecified atom stereocenters. The van der Waals surface area contributed by atoms with Crippen molar-refractivity contribution < 1.29 is 0 Å². The second kappa shape index (κ2) is 6.73. The van der Waals surface area contributed by atoms with Gasteiger partial charge in [-0.3, -0.25) is 9.36 Å². The summed E-state index contributed by atoms with van der Waals surface area (Å²) < 4.78 is 1.36. The van der Waals surface area contributed by atoms with Gasteiger partial charge in [0.1, 0.15) is 0 Å². The Labute approximate surface area is 157 Å². The van der Waals surface area contributed by atoms with Gasteiger partial charge in [-0.15, -0.1) is 0 Å². The third kappa shape index (κ3) is 3.34. The molecule has 3 aromatic rings. The average Bonchev–Trinajstić information content (AvgIpc) is 3.47. The minimum Gasteiger partial charge on any atom is -0.369 e. The number of nitrogens with zero attached hydrogens (tertiary/aromatic N) is 3. The van der Waals surface area contributed by atoms with E-state index in [0.29, 0.717) is 12.3 Å². The number of nitriles is 1. The summed E-state index contributed by atoms with van der Waals surface area (Å²) in [4.78, 5) is 16.3. The molecule has 27 heavy (non-hydrogen) atoms. The van der Waals surface area contributed by atoms with Crippen LogP contribution in [0.1, 0.15) is 35.1 Å². The molecule has 2 aromatic carbocycles. The topological polar surface area (TPSA) is 84.7 Å². The molecule has 134 valence electrons. The van der Waals surface area contributed by atoms with Crippen molar-refractivity contribution in [3.8, 4) is 17.2 Å². The van der Waals surface area contributed by atoms with E-state index in [0.717, 1.165) is 28.8 Å². The first-order valence-corrected chi connectivity index (χ1v) is 8.96. The molecule has 0 saturated heterocycles. The smallest absolute Gasteiger partial charge is 0.254 e. The van der Waals surface area contributed by atoms with Crippen LogP contribution in [0.5, 0.6) is 0 Å². The molecule has 1 saturated carbocycles. The van der Waals surface area contributed by atoms with E-state index in [9.17, 15) is 4.79 Å². The molecule has 0 aliphatic heterocycles. The lowest BCUT2D eigenvalue weighted by Gasteiger charge is -2.07. The molecule has 2 atom stereocenters. The van der Waals surface area contributed by atoms with Gasteiger partial charge in [0.2, 0.25) is 5.95 Å². The van der Waals surface area contributed by atoms with Crippen LogP contribution in [-0.2, 0) is 13.5 Å². The van der Waals surface area contributed by atoms with E-state index in [1.165, 1.54) is 10.1 Å². The molecule has 1 fully saturated rings. The lowest BCUT2D eigenvalue weighted by molar-refractivity contribution is 0.813. The van der Waals surface area contributed by atoms with Crippen molar-refractivity contribution in [1.29, 1.82) is 5.26 Å². The van der Waals surface area contributed by atoms with Crippen molar-refractivity contribution in [2.75, 3.05) is 5.73 Å². The third-order valence-electron chi connectivity index (χ3n) is 5.24. The highest BCUT2D eigenvalue weighted by atomic mass is 16.1. The van der Waals surface area contributed by atoms with E-state index >= 15 is 0 Å². The zero-order valence-corrected chi connectivity index (χ0v) is 15.1. The van der Waals surface area contributed by atoms with Crippen LogP contribution in [-0.4, -0.2) is 9.55 Å². The summed E-state index contributed by atoms with van der Waals surface area (Å²) >= 11 is 0. The van der Waals surface area contributed by atoms with E-state index in [-0.39, 0.29) is 17.4 Å². The highest BCUT2D eigenvalue weighted by molar-refractivity contribution is 5.65. The number of hydrogen-bond donors (Lipinski definition) is 1. The summed E-state index contributed by atoms with van der Waals surface area (Å²) in [5.74, 6) is 0.893. The summed E-state index contributed by atoms with van der Waals surface area (Å²) in [5, 5.41) is 8.87. The second-order valence-corrected chi connectivity index (χ2v) is 7.04. The molecule has 5 nitrogen and oxygen atoms in total. The fraction of sp³-hybridized carbons (Fsp3) is 0.227.